The lowest BCUT2D eigenvalue weighted by molar-refractivity contribution is 0.248. The first-order valence-electron chi connectivity index (χ1n) is 9.18. The summed E-state index contributed by atoms with van der Waals surface area (Å²) in [6.45, 7) is 0. The third-order valence-corrected chi connectivity index (χ3v) is 7.78. The van der Waals surface area contributed by atoms with E-state index in [2.05, 4.69) is 15.6 Å². The van der Waals surface area contributed by atoms with Crippen LogP contribution >= 0.6 is 34.5 Å². The third kappa shape index (κ3) is 4.64. The van der Waals surface area contributed by atoms with E-state index >= 15 is 0 Å². The number of carbonyl (C=O) groups is 1. The van der Waals surface area contributed by atoms with Crippen molar-refractivity contribution in [3.63, 3.8) is 0 Å². The molecule has 1 fully saturated rings. The zero-order valence-electron chi connectivity index (χ0n) is 15.5. The number of carbonyl (C=O) groups excluding carboxylic acids is 1. The Morgan fingerprint density at radius 3 is 2.53 bits per heavy atom. The van der Waals surface area contributed by atoms with Crippen molar-refractivity contribution in [3.8, 4) is 5.75 Å². The zero-order chi connectivity index (χ0) is 21.3. The van der Waals surface area contributed by atoms with Crippen molar-refractivity contribution in [1.29, 1.82) is 0 Å². The van der Waals surface area contributed by atoms with E-state index < -0.39 is 10.1 Å². The van der Waals surface area contributed by atoms with Gasteiger partial charge in [0.25, 0.3) is 0 Å². The van der Waals surface area contributed by atoms with E-state index in [1.807, 2.05) is 0 Å². The second-order valence-corrected chi connectivity index (χ2v) is 10.1. The van der Waals surface area contributed by atoms with Gasteiger partial charge in [0.2, 0.25) is 0 Å². The lowest BCUT2D eigenvalue weighted by Gasteiger charge is -2.11. The molecule has 1 saturated carbocycles. The minimum Gasteiger partial charge on any atom is -0.379 e. The molecule has 0 spiro atoms. The predicted octanol–water partition coefficient (Wildman–Crippen LogP) is 5.43. The summed E-state index contributed by atoms with van der Waals surface area (Å²) in [5.41, 5.74) is 0.608. The summed E-state index contributed by atoms with van der Waals surface area (Å²) in [6.07, 6.45) is 4.21. The number of fused-ring (bicyclic) bond motifs is 1. The van der Waals surface area contributed by atoms with Crippen molar-refractivity contribution in [2.75, 3.05) is 5.32 Å². The lowest BCUT2D eigenvalue weighted by atomic mass is 10.3. The molecule has 1 aliphatic carbocycles. The Morgan fingerprint density at radius 2 is 1.83 bits per heavy atom. The van der Waals surface area contributed by atoms with E-state index in [-0.39, 0.29) is 32.8 Å². The standard InChI is InChI=1S/C19H17Cl2N3O4S2/c20-13-6-3-7-14(21)17(13)30(26,27)28-12-8-9-15-16(10-12)29-19(23-15)24-18(25)22-11-4-1-2-5-11/h3,6-11H,1-2,4-5H2,(H2,22,23,24,25). The van der Waals surface area contributed by atoms with Crippen LogP contribution in [0.25, 0.3) is 10.2 Å². The molecule has 0 saturated heterocycles. The first-order valence-corrected chi connectivity index (χ1v) is 12.2. The number of nitrogens with zero attached hydrogens (tertiary/aromatic N) is 1. The monoisotopic (exact) mass is 485 g/mol. The molecular formula is C19H17Cl2N3O4S2. The topological polar surface area (TPSA) is 97.4 Å². The van der Waals surface area contributed by atoms with Crippen LogP contribution in [0.3, 0.4) is 0 Å². The predicted molar refractivity (Wildman–Crippen MR) is 118 cm³/mol. The molecule has 30 heavy (non-hydrogen) atoms. The van der Waals surface area contributed by atoms with Crippen molar-refractivity contribution in [2.45, 2.75) is 36.6 Å². The van der Waals surface area contributed by atoms with Crippen LogP contribution in [-0.4, -0.2) is 25.5 Å². The Bertz CT molecular complexity index is 1190. The zero-order valence-corrected chi connectivity index (χ0v) is 18.7. The summed E-state index contributed by atoms with van der Waals surface area (Å²) in [7, 11) is -4.23. The maximum absolute atomic E-state index is 12.6. The van der Waals surface area contributed by atoms with Crippen molar-refractivity contribution < 1.29 is 17.4 Å². The first kappa shape index (κ1) is 21.2. The van der Waals surface area contributed by atoms with E-state index in [4.69, 9.17) is 27.4 Å². The van der Waals surface area contributed by atoms with Gasteiger partial charge in [0.1, 0.15) is 10.6 Å². The molecular weight excluding hydrogens is 469 g/mol. The molecule has 7 nitrogen and oxygen atoms in total. The Morgan fingerprint density at radius 1 is 1.13 bits per heavy atom. The fraction of sp³-hybridized carbons (Fsp3) is 0.263. The molecule has 0 aliphatic heterocycles. The fourth-order valence-electron chi connectivity index (χ4n) is 3.29. The molecule has 1 heterocycles. The summed E-state index contributed by atoms with van der Waals surface area (Å²) < 4.78 is 31.1. The number of halogens is 2. The number of anilines is 1. The largest absolute Gasteiger partial charge is 0.379 e. The van der Waals surface area contributed by atoms with Gasteiger partial charge in [-0.05, 0) is 37.1 Å². The highest BCUT2D eigenvalue weighted by Gasteiger charge is 2.24. The van der Waals surface area contributed by atoms with Crippen LogP contribution in [0.2, 0.25) is 10.0 Å². The highest BCUT2D eigenvalue weighted by molar-refractivity contribution is 7.87. The Hall–Kier alpha value is -2.07. The van der Waals surface area contributed by atoms with Crippen LogP contribution in [-0.2, 0) is 10.1 Å². The van der Waals surface area contributed by atoms with E-state index in [0.29, 0.717) is 15.3 Å². The van der Waals surface area contributed by atoms with Crippen LogP contribution in [0.5, 0.6) is 5.75 Å². The van der Waals surface area contributed by atoms with Crippen LogP contribution in [0.4, 0.5) is 9.93 Å². The van der Waals surface area contributed by atoms with Crippen molar-refractivity contribution in [3.05, 3.63) is 46.4 Å². The molecule has 2 aromatic carbocycles. The number of rotatable bonds is 5. The second kappa shape index (κ2) is 8.58. The summed E-state index contributed by atoms with van der Waals surface area (Å²) in [5.74, 6) is 0.0871. The van der Waals surface area contributed by atoms with Crippen LogP contribution in [0, 0.1) is 0 Å². The Balaban J connectivity index is 1.51. The molecule has 1 aliphatic rings. The van der Waals surface area contributed by atoms with E-state index in [9.17, 15) is 13.2 Å². The number of hydrogen-bond acceptors (Lipinski definition) is 6. The quantitative estimate of drug-likeness (QED) is 0.469. The summed E-state index contributed by atoms with van der Waals surface area (Å²) >= 11 is 13.2. The molecule has 11 heteroatoms. The number of hydrogen-bond donors (Lipinski definition) is 2. The van der Waals surface area contributed by atoms with Crippen LogP contribution < -0.4 is 14.8 Å². The number of aromatic nitrogens is 1. The minimum atomic E-state index is -4.23. The van der Waals surface area contributed by atoms with Crippen LogP contribution in [0.1, 0.15) is 25.7 Å². The SMILES string of the molecule is O=C(Nc1nc2ccc(OS(=O)(=O)c3c(Cl)cccc3Cl)cc2s1)NC1CCCC1. The minimum absolute atomic E-state index is 0.0267. The summed E-state index contributed by atoms with van der Waals surface area (Å²) in [4.78, 5) is 16.2. The van der Waals surface area contributed by atoms with Gasteiger partial charge in [0, 0.05) is 12.1 Å². The highest BCUT2D eigenvalue weighted by atomic mass is 35.5. The Kier molecular flexibility index (Phi) is 6.06. The smallest absolute Gasteiger partial charge is 0.342 e. The second-order valence-electron chi connectivity index (χ2n) is 6.82. The molecule has 0 bridgehead atoms. The number of thiazole rings is 1. The summed E-state index contributed by atoms with van der Waals surface area (Å²) in [5, 5.41) is 6.02. The maximum atomic E-state index is 12.6. The average molecular weight is 486 g/mol. The van der Waals surface area contributed by atoms with E-state index in [1.165, 1.54) is 35.6 Å². The van der Waals surface area contributed by atoms with E-state index in [0.717, 1.165) is 25.7 Å². The molecule has 2 amide bonds. The van der Waals surface area contributed by atoms with Gasteiger partial charge in [-0.1, -0.05) is 53.4 Å². The van der Waals surface area contributed by atoms with Gasteiger partial charge >= 0.3 is 16.1 Å². The molecule has 0 unspecified atom stereocenters. The number of benzene rings is 2. The maximum Gasteiger partial charge on any atom is 0.342 e. The third-order valence-electron chi connectivity index (χ3n) is 4.65. The molecule has 4 rings (SSSR count). The highest BCUT2D eigenvalue weighted by Crippen LogP contribution is 2.34. The molecule has 3 aromatic rings. The van der Waals surface area contributed by atoms with Gasteiger partial charge in [-0.25, -0.2) is 9.78 Å². The van der Waals surface area contributed by atoms with Crippen molar-refractivity contribution in [2.24, 2.45) is 0 Å². The van der Waals surface area contributed by atoms with Crippen molar-refractivity contribution >= 4 is 66.0 Å². The Labute approximate surface area is 187 Å². The van der Waals surface area contributed by atoms with Gasteiger partial charge in [0.05, 0.1) is 20.3 Å². The molecule has 0 atom stereocenters. The van der Waals surface area contributed by atoms with E-state index in [1.54, 1.807) is 12.1 Å². The number of nitrogens with one attached hydrogen (secondary N) is 2. The fourth-order valence-corrected chi connectivity index (χ4v) is 6.20. The molecule has 0 radical (unpaired) electrons. The van der Waals surface area contributed by atoms with Gasteiger partial charge in [0.15, 0.2) is 5.13 Å². The molecule has 2 N–H and O–H groups in total. The molecule has 158 valence electrons. The average Bonchev–Trinajstić information content (AvgIpc) is 3.29. The normalized spacial score (nSPS) is 14.7. The summed E-state index contributed by atoms with van der Waals surface area (Å²) in [6, 6.07) is 8.92. The first-order chi connectivity index (χ1) is 14.3. The lowest BCUT2D eigenvalue weighted by Crippen LogP contribution is -2.36. The van der Waals surface area contributed by atoms with Gasteiger partial charge in [-0.3, -0.25) is 5.32 Å². The van der Waals surface area contributed by atoms with Gasteiger partial charge in [-0.15, -0.1) is 0 Å². The van der Waals surface area contributed by atoms with Crippen LogP contribution in [0.15, 0.2) is 41.3 Å². The van der Waals surface area contributed by atoms with Gasteiger partial charge in [-0.2, -0.15) is 8.42 Å². The number of amides is 2. The molecule has 1 aromatic heterocycles. The van der Waals surface area contributed by atoms with Crippen molar-refractivity contribution in [1.82, 2.24) is 10.3 Å². The number of urea groups is 1. The van der Waals surface area contributed by atoms with Gasteiger partial charge < -0.3 is 9.50 Å².